The molecule has 1 fully saturated rings. The van der Waals surface area contributed by atoms with E-state index in [1.165, 1.54) is 6.33 Å². The van der Waals surface area contributed by atoms with Crippen molar-refractivity contribution in [1.82, 2.24) is 14.5 Å². The molecule has 17 heavy (non-hydrogen) atoms. The van der Waals surface area contributed by atoms with Crippen LogP contribution in [0.15, 0.2) is 31.2 Å². The standard InChI is InChI=1S/C12H12ClN3O/c1-2-8-3-4-10(17-8)16-6-5-9-11(13)14-7-15-12(9)16/h2,5-8,10H,1,3-4H2. The van der Waals surface area contributed by atoms with E-state index in [0.717, 1.165) is 23.9 Å². The van der Waals surface area contributed by atoms with E-state index in [9.17, 15) is 0 Å². The molecule has 2 aromatic heterocycles. The Labute approximate surface area is 104 Å². The average Bonchev–Trinajstić information content (AvgIpc) is 2.94. The molecule has 0 N–H and O–H groups in total. The molecule has 2 unspecified atom stereocenters. The maximum absolute atomic E-state index is 6.01. The number of rotatable bonds is 2. The monoisotopic (exact) mass is 249 g/mol. The van der Waals surface area contributed by atoms with E-state index in [0.29, 0.717) is 5.15 Å². The Morgan fingerprint density at radius 2 is 2.35 bits per heavy atom. The highest BCUT2D eigenvalue weighted by Gasteiger charge is 2.25. The molecule has 0 amide bonds. The summed E-state index contributed by atoms with van der Waals surface area (Å²) in [6.07, 6.45) is 7.36. The van der Waals surface area contributed by atoms with E-state index in [2.05, 4.69) is 16.5 Å². The number of fused-ring (bicyclic) bond motifs is 1. The van der Waals surface area contributed by atoms with Gasteiger partial charge in [-0.3, -0.25) is 0 Å². The van der Waals surface area contributed by atoms with Gasteiger partial charge in [0.2, 0.25) is 0 Å². The third-order valence-corrected chi connectivity index (χ3v) is 3.36. The molecule has 0 spiro atoms. The van der Waals surface area contributed by atoms with Gasteiger partial charge in [-0.15, -0.1) is 6.58 Å². The molecule has 5 heteroatoms. The molecule has 3 rings (SSSR count). The van der Waals surface area contributed by atoms with Gasteiger partial charge in [-0.05, 0) is 18.9 Å². The van der Waals surface area contributed by atoms with Crippen LogP contribution in [0.25, 0.3) is 11.0 Å². The number of hydrogen-bond donors (Lipinski definition) is 0. The highest BCUT2D eigenvalue weighted by atomic mass is 35.5. The lowest BCUT2D eigenvalue weighted by Gasteiger charge is -2.13. The molecular formula is C12H12ClN3O. The zero-order valence-corrected chi connectivity index (χ0v) is 9.97. The smallest absolute Gasteiger partial charge is 0.146 e. The van der Waals surface area contributed by atoms with Crippen molar-refractivity contribution < 1.29 is 4.74 Å². The topological polar surface area (TPSA) is 39.9 Å². The first-order valence-corrected chi connectivity index (χ1v) is 5.92. The Kier molecular flexibility index (Phi) is 2.61. The van der Waals surface area contributed by atoms with Gasteiger partial charge in [0.1, 0.15) is 23.4 Å². The second kappa shape index (κ2) is 4.13. The first-order valence-electron chi connectivity index (χ1n) is 5.54. The van der Waals surface area contributed by atoms with E-state index in [1.54, 1.807) is 0 Å². The van der Waals surface area contributed by atoms with Crippen LogP contribution in [0.2, 0.25) is 5.15 Å². The maximum atomic E-state index is 6.01. The SMILES string of the molecule is C=CC1CCC(n2ccc3c(Cl)ncnc32)O1. The van der Waals surface area contributed by atoms with Gasteiger partial charge in [-0.2, -0.15) is 0 Å². The van der Waals surface area contributed by atoms with E-state index in [1.807, 2.05) is 22.9 Å². The van der Waals surface area contributed by atoms with Crippen molar-refractivity contribution >= 4 is 22.6 Å². The Morgan fingerprint density at radius 3 is 3.12 bits per heavy atom. The maximum Gasteiger partial charge on any atom is 0.146 e. The highest BCUT2D eigenvalue weighted by Crippen LogP contribution is 2.32. The number of ether oxygens (including phenoxy) is 1. The minimum absolute atomic E-state index is 0.0152. The fraction of sp³-hybridized carbons (Fsp3) is 0.333. The van der Waals surface area contributed by atoms with Crippen LogP contribution in [0.3, 0.4) is 0 Å². The van der Waals surface area contributed by atoms with Crippen LogP contribution in [0.4, 0.5) is 0 Å². The van der Waals surface area contributed by atoms with Crippen LogP contribution >= 0.6 is 11.6 Å². The van der Waals surface area contributed by atoms with Crippen LogP contribution < -0.4 is 0 Å². The van der Waals surface area contributed by atoms with Crippen molar-refractivity contribution in [3.63, 3.8) is 0 Å². The summed E-state index contributed by atoms with van der Waals surface area (Å²) in [5.41, 5.74) is 0.819. The summed E-state index contributed by atoms with van der Waals surface area (Å²) in [6, 6.07) is 1.92. The molecule has 1 saturated heterocycles. The molecule has 2 aromatic rings. The molecule has 2 atom stereocenters. The summed E-state index contributed by atoms with van der Waals surface area (Å²) < 4.78 is 7.85. The van der Waals surface area contributed by atoms with Gasteiger partial charge >= 0.3 is 0 Å². The normalized spacial score (nSPS) is 24.3. The highest BCUT2D eigenvalue weighted by molar-refractivity contribution is 6.33. The first kappa shape index (κ1) is 10.7. The molecule has 88 valence electrons. The number of nitrogens with zero attached hydrogens (tertiary/aromatic N) is 3. The summed E-state index contributed by atoms with van der Waals surface area (Å²) >= 11 is 6.01. The van der Waals surface area contributed by atoms with Crippen LogP contribution in [-0.2, 0) is 4.74 Å². The molecular weight excluding hydrogens is 238 g/mol. The molecule has 0 radical (unpaired) electrons. The Morgan fingerprint density at radius 1 is 1.47 bits per heavy atom. The minimum Gasteiger partial charge on any atom is -0.351 e. The predicted molar refractivity (Wildman–Crippen MR) is 65.9 cm³/mol. The third-order valence-electron chi connectivity index (χ3n) is 3.06. The van der Waals surface area contributed by atoms with E-state index >= 15 is 0 Å². The lowest BCUT2D eigenvalue weighted by molar-refractivity contribution is 0.0264. The summed E-state index contributed by atoms with van der Waals surface area (Å²) in [6.45, 7) is 3.75. The van der Waals surface area contributed by atoms with Gasteiger partial charge in [0.15, 0.2) is 0 Å². The van der Waals surface area contributed by atoms with Crippen LogP contribution in [0, 0.1) is 0 Å². The molecule has 0 aromatic carbocycles. The molecule has 4 nitrogen and oxygen atoms in total. The van der Waals surface area contributed by atoms with Crippen LogP contribution in [0.1, 0.15) is 19.1 Å². The van der Waals surface area contributed by atoms with Crippen molar-refractivity contribution in [3.8, 4) is 0 Å². The lowest BCUT2D eigenvalue weighted by atomic mass is 10.2. The Balaban J connectivity index is 2.01. The molecule has 0 bridgehead atoms. The summed E-state index contributed by atoms with van der Waals surface area (Å²) in [7, 11) is 0. The van der Waals surface area contributed by atoms with Crippen molar-refractivity contribution in [3.05, 3.63) is 36.4 Å². The van der Waals surface area contributed by atoms with Crippen molar-refractivity contribution in [2.75, 3.05) is 0 Å². The fourth-order valence-corrected chi connectivity index (χ4v) is 2.39. The molecule has 0 saturated carbocycles. The zero-order chi connectivity index (χ0) is 11.8. The lowest BCUT2D eigenvalue weighted by Crippen LogP contribution is -2.09. The number of halogens is 1. The molecule has 0 aliphatic carbocycles. The van der Waals surface area contributed by atoms with Gasteiger partial charge < -0.3 is 9.30 Å². The largest absolute Gasteiger partial charge is 0.351 e. The summed E-state index contributed by atoms with van der Waals surface area (Å²) in [4.78, 5) is 8.22. The second-order valence-electron chi connectivity index (χ2n) is 4.07. The number of aromatic nitrogens is 3. The first-order chi connectivity index (χ1) is 8.29. The van der Waals surface area contributed by atoms with Gasteiger partial charge in [0.05, 0.1) is 11.5 Å². The van der Waals surface area contributed by atoms with Crippen molar-refractivity contribution in [2.24, 2.45) is 0 Å². The minimum atomic E-state index is 0.0152. The van der Waals surface area contributed by atoms with E-state index in [4.69, 9.17) is 16.3 Å². The van der Waals surface area contributed by atoms with E-state index in [-0.39, 0.29) is 12.3 Å². The Bertz CT molecular complexity index is 566. The van der Waals surface area contributed by atoms with Gasteiger partial charge in [0.25, 0.3) is 0 Å². The predicted octanol–water partition coefficient (Wildman–Crippen LogP) is 2.95. The molecule has 1 aliphatic rings. The summed E-state index contributed by atoms with van der Waals surface area (Å²) in [5, 5.41) is 1.34. The third kappa shape index (κ3) is 1.73. The van der Waals surface area contributed by atoms with Crippen LogP contribution in [-0.4, -0.2) is 20.6 Å². The van der Waals surface area contributed by atoms with Crippen molar-refractivity contribution in [2.45, 2.75) is 25.2 Å². The second-order valence-corrected chi connectivity index (χ2v) is 4.43. The Hall–Kier alpha value is -1.39. The van der Waals surface area contributed by atoms with Crippen molar-refractivity contribution in [1.29, 1.82) is 0 Å². The molecule has 1 aliphatic heterocycles. The fourth-order valence-electron chi connectivity index (χ4n) is 2.20. The van der Waals surface area contributed by atoms with Gasteiger partial charge in [-0.25, -0.2) is 9.97 Å². The van der Waals surface area contributed by atoms with Crippen LogP contribution in [0.5, 0.6) is 0 Å². The molecule has 3 heterocycles. The van der Waals surface area contributed by atoms with Gasteiger partial charge in [-0.1, -0.05) is 17.7 Å². The zero-order valence-electron chi connectivity index (χ0n) is 9.21. The quantitative estimate of drug-likeness (QED) is 0.607. The van der Waals surface area contributed by atoms with Gasteiger partial charge in [0, 0.05) is 6.20 Å². The summed E-state index contributed by atoms with van der Waals surface area (Å²) in [5.74, 6) is 0. The van der Waals surface area contributed by atoms with E-state index < -0.39 is 0 Å². The average molecular weight is 250 g/mol. The number of hydrogen-bond acceptors (Lipinski definition) is 3.